The van der Waals surface area contributed by atoms with E-state index in [1.807, 2.05) is 29.2 Å². The molecule has 0 radical (unpaired) electrons. The average Bonchev–Trinajstić information content (AvgIpc) is 3.42. The molecule has 0 unspecified atom stereocenters. The molecule has 0 aliphatic carbocycles. The van der Waals surface area contributed by atoms with Gasteiger partial charge in [0.25, 0.3) is 0 Å². The van der Waals surface area contributed by atoms with Gasteiger partial charge in [-0.05, 0) is 54.7 Å². The number of rotatable bonds is 6. The van der Waals surface area contributed by atoms with E-state index in [1.165, 1.54) is 15.6 Å². The molecule has 1 fully saturated rings. The first-order valence-corrected chi connectivity index (χ1v) is 12.5. The van der Waals surface area contributed by atoms with Gasteiger partial charge in [0.2, 0.25) is 5.91 Å². The second kappa shape index (κ2) is 8.93. The van der Waals surface area contributed by atoms with Crippen LogP contribution >= 0.6 is 23.1 Å². The van der Waals surface area contributed by atoms with Crippen molar-refractivity contribution in [1.29, 1.82) is 0 Å². The summed E-state index contributed by atoms with van der Waals surface area (Å²) >= 11 is 3.38. The van der Waals surface area contributed by atoms with Crippen LogP contribution in [0.3, 0.4) is 0 Å². The summed E-state index contributed by atoms with van der Waals surface area (Å²) in [6.45, 7) is 1.64. The van der Waals surface area contributed by atoms with Crippen LogP contribution < -0.4 is 4.74 Å². The smallest absolute Gasteiger partial charge is 0.232 e. The number of benzene rings is 2. The summed E-state index contributed by atoms with van der Waals surface area (Å²) in [7, 11) is 1.70. The Morgan fingerprint density at radius 1 is 1.26 bits per heavy atom. The van der Waals surface area contributed by atoms with Crippen molar-refractivity contribution in [2.75, 3.05) is 26.0 Å². The molecule has 1 amide bonds. The Morgan fingerprint density at radius 3 is 2.90 bits per heavy atom. The van der Waals surface area contributed by atoms with Crippen LogP contribution in [-0.4, -0.2) is 46.7 Å². The van der Waals surface area contributed by atoms with E-state index < -0.39 is 0 Å². The highest BCUT2D eigenvalue weighted by Crippen LogP contribution is 2.35. The van der Waals surface area contributed by atoms with Crippen LogP contribution in [0.4, 0.5) is 0 Å². The van der Waals surface area contributed by atoms with Crippen LogP contribution in [0.5, 0.6) is 5.75 Å². The third-order valence-electron chi connectivity index (χ3n) is 6.00. The van der Waals surface area contributed by atoms with E-state index in [0.717, 1.165) is 53.5 Å². The lowest BCUT2D eigenvalue weighted by molar-refractivity contribution is -0.129. The molecular formula is C24H25N3O2S2. The zero-order valence-corrected chi connectivity index (χ0v) is 19.1. The molecule has 7 heteroatoms. The number of nitrogens with zero attached hydrogens (tertiary/aromatic N) is 2. The number of likely N-dealkylation sites (tertiary alicyclic amines) is 1. The van der Waals surface area contributed by atoms with Gasteiger partial charge < -0.3 is 14.6 Å². The molecule has 2 aromatic heterocycles. The number of thiazole rings is 1. The molecule has 0 saturated carbocycles. The first kappa shape index (κ1) is 20.4. The van der Waals surface area contributed by atoms with Gasteiger partial charge in [-0.15, -0.1) is 23.1 Å². The number of methoxy groups -OCH3 is 1. The number of amides is 1. The molecule has 0 bridgehead atoms. The summed E-state index contributed by atoms with van der Waals surface area (Å²) in [4.78, 5) is 22.8. The van der Waals surface area contributed by atoms with Gasteiger partial charge in [-0.25, -0.2) is 4.98 Å². The lowest BCUT2D eigenvalue weighted by atomic mass is 9.89. The highest BCUT2D eigenvalue weighted by Gasteiger charge is 2.25. The maximum atomic E-state index is 12.7. The van der Waals surface area contributed by atoms with Crippen molar-refractivity contribution in [3.05, 3.63) is 59.2 Å². The number of aromatic nitrogens is 2. The Morgan fingerprint density at radius 2 is 2.10 bits per heavy atom. The second-order valence-electron chi connectivity index (χ2n) is 7.88. The highest BCUT2D eigenvalue weighted by molar-refractivity contribution is 7.99. The van der Waals surface area contributed by atoms with Gasteiger partial charge in [0.05, 0.1) is 23.1 Å². The van der Waals surface area contributed by atoms with E-state index in [4.69, 9.17) is 4.74 Å². The van der Waals surface area contributed by atoms with E-state index in [2.05, 4.69) is 34.4 Å². The number of carbonyl (C=O) groups is 1. The van der Waals surface area contributed by atoms with Crippen molar-refractivity contribution in [3.8, 4) is 5.75 Å². The number of para-hydroxylation sites is 1. The predicted molar refractivity (Wildman–Crippen MR) is 129 cm³/mol. The van der Waals surface area contributed by atoms with Crippen molar-refractivity contribution in [2.24, 2.45) is 0 Å². The molecule has 0 spiro atoms. The minimum absolute atomic E-state index is 0.241. The Balaban J connectivity index is 1.14. The van der Waals surface area contributed by atoms with Gasteiger partial charge >= 0.3 is 0 Å². The van der Waals surface area contributed by atoms with E-state index >= 15 is 0 Å². The van der Waals surface area contributed by atoms with Crippen LogP contribution in [0.15, 0.2) is 48.7 Å². The Labute approximate surface area is 189 Å². The molecule has 5 rings (SSSR count). The summed E-state index contributed by atoms with van der Waals surface area (Å²) in [6.07, 6.45) is 4.12. The molecule has 1 aliphatic rings. The summed E-state index contributed by atoms with van der Waals surface area (Å²) < 4.78 is 6.61. The molecule has 3 heterocycles. The lowest BCUT2D eigenvalue weighted by Gasteiger charge is -2.32. The molecule has 4 aromatic rings. The monoisotopic (exact) mass is 451 g/mol. The summed E-state index contributed by atoms with van der Waals surface area (Å²) in [5, 5.41) is 2.32. The van der Waals surface area contributed by atoms with E-state index in [-0.39, 0.29) is 5.91 Å². The van der Waals surface area contributed by atoms with Gasteiger partial charge in [0.1, 0.15) is 10.8 Å². The maximum Gasteiger partial charge on any atom is 0.232 e. The fourth-order valence-corrected chi connectivity index (χ4v) is 6.27. The molecular weight excluding hydrogens is 426 g/mol. The van der Waals surface area contributed by atoms with E-state index in [1.54, 1.807) is 30.2 Å². The van der Waals surface area contributed by atoms with Crippen molar-refractivity contribution >= 4 is 50.1 Å². The SMILES string of the molecule is COc1ccc2[nH]cc(C3CCN(C(=O)CSCc4nc5ccccc5s4)CC3)c2c1. The number of aromatic amines is 1. The third kappa shape index (κ3) is 4.29. The zero-order valence-electron chi connectivity index (χ0n) is 17.5. The van der Waals surface area contributed by atoms with Crippen molar-refractivity contribution < 1.29 is 9.53 Å². The van der Waals surface area contributed by atoms with Crippen molar-refractivity contribution in [2.45, 2.75) is 24.5 Å². The predicted octanol–water partition coefficient (Wildman–Crippen LogP) is 5.43. The Kier molecular flexibility index (Phi) is 5.87. The first-order chi connectivity index (χ1) is 15.2. The normalized spacial score (nSPS) is 15.1. The second-order valence-corrected chi connectivity index (χ2v) is 9.98. The molecule has 1 N–H and O–H groups in total. The molecule has 2 aromatic carbocycles. The minimum Gasteiger partial charge on any atom is -0.497 e. The van der Waals surface area contributed by atoms with Crippen LogP contribution in [0.2, 0.25) is 0 Å². The van der Waals surface area contributed by atoms with Gasteiger partial charge in [-0.2, -0.15) is 0 Å². The quantitative estimate of drug-likeness (QED) is 0.425. The summed E-state index contributed by atoms with van der Waals surface area (Å²) in [5.41, 5.74) is 3.53. The highest BCUT2D eigenvalue weighted by atomic mass is 32.2. The van der Waals surface area contributed by atoms with Gasteiger partial charge in [0, 0.05) is 35.9 Å². The Bertz CT molecular complexity index is 1170. The van der Waals surface area contributed by atoms with E-state index in [0.29, 0.717) is 11.7 Å². The minimum atomic E-state index is 0.241. The number of hydrogen-bond acceptors (Lipinski definition) is 5. The van der Waals surface area contributed by atoms with Crippen LogP contribution in [-0.2, 0) is 10.5 Å². The lowest BCUT2D eigenvalue weighted by Crippen LogP contribution is -2.38. The molecule has 160 valence electrons. The molecule has 5 nitrogen and oxygen atoms in total. The molecule has 1 aliphatic heterocycles. The number of nitrogens with one attached hydrogen (secondary N) is 1. The fourth-order valence-electron chi connectivity index (χ4n) is 4.32. The number of thioether (sulfide) groups is 1. The number of hydrogen-bond donors (Lipinski definition) is 1. The average molecular weight is 452 g/mol. The maximum absolute atomic E-state index is 12.7. The topological polar surface area (TPSA) is 58.2 Å². The molecule has 31 heavy (non-hydrogen) atoms. The standard InChI is InChI=1S/C24H25N3O2S2/c1-29-17-6-7-20-18(12-17)19(13-25-20)16-8-10-27(11-9-16)24(28)15-30-14-23-26-21-4-2-3-5-22(21)31-23/h2-7,12-13,16,25H,8-11,14-15H2,1H3. The number of carbonyl (C=O) groups excluding carboxylic acids is 1. The van der Waals surface area contributed by atoms with Gasteiger partial charge in [-0.3, -0.25) is 4.79 Å². The largest absolute Gasteiger partial charge is 0.497 e. The van der Waals surface area contributed by atoms with Gasteiger partial charge in [-0.1, -0.05) is 12.1 Å². The third-order valence-corrected chi connectivity index (χ3v) is 8.15. The summed E-state index contributed by atoms with van der Waals surface area (Å²) in [5.74, 6) is 2.90. The number of piperidine rings is 1. The Hall–Kier alpha value is -2.51. The zero-order chi connectivity index (χ0) is 21.2. The molecule has 1 saturated heterocycles. The molecule has 0 atom stereocenters. The fraction of sp³-hybridized carbons (Fsp3) is 0.333. The van der Waals surface area contributed by atoms with Crippen molar-refractivity contribution in [3.63, 3.8) is 0 Å². The van der Waals surface area contributed by atoms with Crippen LogP contribution in [0, 0.1) is 0 Å². The number of fused-ring (bicyclic) bond motifs is 2. The van der Waals surface area contributed by atoms with Crippen LogP contribution in [0.1, 0.15) is 29.3 Å². The van der Waals surface area contributed by atoms with Crippen LogP contribution in [0.25, 0.3) is 21.1 Å². The van der Waals surface area contributed by atoms with Gasteiger partial charge in [0.15, 0.2) is 0 Å². The number of ether oxygens (including phenoxy) is 1. The number of H-pyrrole nitrogens is 1. The first-order valence-electron chi connectivity index (χ1n) is 10.6. The summed E-state index contributed by atoms with van der Waals surface area (Å²) in [6, 6.07) is 14.3. The van der Waals surface area contributed by atoms with E-state index in [9.17, 15) is 4.79 Å². The van der Waals surface area contributed by atoms with Crippen molar-refractivity contribution in [1.82, 2.24) is 14.9 Å².